The fraction of sp³-hybridized carbons (Fsp3) is 0.440. The topological polar surface area (TPSA) is 49.9 Å². The van der Waals surface area contributed by atoms with E-state index in [1.165, 1.54) is 6.07 Å². The minimum absolute atomic E-state index is 0.00117. The lowest BCUT2D eigenvalue weighted by molar-refractivity contribution is -0.142. The highest BCUT2D eigenvalue weighted by Crippen LogP contribution is 2.45. The van der Waals surface area contributed by atoms with Crippen LogP contribution in [-0.4, -0.2) is 48.6 Å². The maximum Gasteiger partial charge on any atom is 0.253 e. The highest BCUT2D eigenvalue weighted by atomic mass is 19.1. The van der Waals surface area contributed by atoms with Crippen molar-refractivity contribution in [2.75, 3.05) is 31.1 Å². The van der Waals surface area contributed by atoms with Gasteiger partial charge in [0.25, 0.3) is 5.91 Å². The molecule has 2 aliphatic heterocycles. The van der Waals surface area contributed by atoms with Crippen molar-refractivity contribution in [3.8, 4) is 0 Å². The molecular formula is C25H27FN2O3. The Morgan fingerprint density at radius 1 is 0.935 bits per heavy atom. The summed E-state index contributed by atoms with van der Waals surface area (Å²) in [6.07, 6.45) is 3.86. The maximum atomic E-state index is 14.7. The van der Waals surface area contributed by atoms with Crippen LogP contribution >= 0.6 is 0 Å². The van der Waals surface area contributed by atoms with E-state index in [0.717, 1.165) is 18.5 Å². The highest BCUT2D eigenvalue weighted by molar-refractivity contribution is 5.95. The number of benzene rings is 2. The van der Waals surface area contributed by atoms with Crippen LogP contribution in [0.5, 0.6) is 0 Å². The molecular weight excluding hydrogens is 395 g/mol. The zero-order chi connectivity index (χ0) is 21.5. The molecule has 162 valence electrons. The summed E-state index contributed by atoms with van der Waals surface area (Å²) in [5.41, 5.74) is -0.00257. The van der Waals surface area contributed by atoms with E-state index < -0.39 is 11.0 Å². The molecule has 5 rings (SSSR count). The second kappa shape index (κ2) is 7.75. The summed E-state index contributed by atoms with van der Waals surface area (Å²) in [5, 5.41) is 0. The van der Waals surface area contributed by atoms with Gasteiger partial charge in [0.15, 0.2) is 0 Å². The fourth-order valence-electron chi connectivity index (χ4n) is 5.55. The first-order valence-electron chi connectivity index (χ1n) is 11.1. The summed E-state index contributed by atoms with van der Waals surface area (Å²) in [5.74, 6) is -0.375. The molecule has 1 saturated carbocycles. The Hall–Kier alpha value is -2.73. The van der Waals surface area contributed by atoms with E-state index in [9.17, 15) is 14.0 Å². The molecule has 2 amide bonds. The Kier molecular flexibility index (Phi) is 5.05. The molecule has 1 aliphatic carbocycles. The van der Waals surface area contributed by atoms with Crippen molar-refractivity contribution >= 4 is 17.5 Å². The minimum Gasteiger partial charge on any atom is -0.361 e. The lowest BCUT2D eigenvalue weighted by atomic mass is 9.77. The summed E-state index contributed by atoms with van der Waals surface area (Å²) in [4.78, 5) is 29.9. The average molecular weight is 423 g/mol. The molecule has 6 heteroatoms. The molecule has 2 saturated heterocycles. The van der Waals surface area contributed by atoms with Gasteiger partial charge in [0.05, 0.1) is 18.5 Å². The Labute approximate surface area is 181 Å². The number of carbonyl (C=O) groups is 2. The number of amides is 2. The molecule has 5 nitrogen and oxygen atoms in total. The smallest absolute Gasteiger partial charge is 0.253 e. The number of para-hydroxylation sites is 1. The highest BCUT2D eigenvalue weighted by Gasteiger charge is 2.52. The van der Waals surface area contributed by atoms with Crippen LogP contribution in [0.4, 0.5) is 10.1 Å². The second-order valence-corrected chi connectivity index (χ2v) is 9.03. The number of carbonyl (C=O) groups excluding carboxylic acids is 2. The van der Waals surface area contributed by atoms with Gasteiger partial charge in [-0.1, -0.05) is 49.2 Å². The number of likely N-dealkylation sites (tertiary alicyclic amines) is 1. The number of hydrogen-bond acceptors (Lipinski definition) is 3. The van der Waals surface area contributed by atoms with Crippen LogP contribution in [0.3, 0.4) is 0 Å². The molecule has 0 bridgehead atoms. The molecule has 2 heterocycles. The zero-order valence-electron chi connectivity index (χ0n) is 17.6. The Balaban J connectivity index is 1.39. The van der Waals surface area contributed by atoms with Crippen molar-refractivity contribution in [2.45, 2.75) is 43.1 Å². The predicted octanol–water partition coefficient (Wildman–Crippen LogP) is 3.67. The van der Waals surface area contributed by atoms with Crippen molar-refractivity contribution in [1.82, 2.24) is 4.90 Å². The van der Waals surface area contributed by atoms with Gasteiger partial charge in [-0.2, -0.15) is 0 Å². The lowest BCUT2D eigenvalue weighted by Gasteiger charge is -2.40. The van der Waals surface area contributed by atoms with Gasteiger partial charge in [-0.3, -0.25) is 9.59 Å². The SMILES string of the molecule is O=C1CO[C@]2(CCN(C(=O)C3(c4ccccc4F)CCCC3)C2)CN1c1ccccc1. The molecule has 0 unspecified atom stereocenters. The van der Waals surface area contributed by atoms with Gasteiger partial charge in [-0.15, -0.1) is 0 Å². The van der Waals surface area contributed by atoms with Crippen molar-refractivity contribution in [2.24, 2.45) is 0 Å². The van der Waals surface area contributed by atoms with Crippen LogP contribution in [-0.2, 0) is 19.7 Å². The standard InChI is InChI=1S/C25H27FN2O3/c26-21-11-5-4-10-20(21)25(12-6-7-13-25)23(30)27-15-14-24(17-27)18-28(22(29)16-31-24)19-8-2-1-3-9-19/h1-5,8-11H,6-7,12-18H2/t24-/m0/s1. The zero-order valence-corrected chi connectivity index (χ0v) is 17.6. The van der Waals surface area contributed by atoms with Crippen LogP contribution in [0, 0.1) is 5.82 Å². The molecule has 2 aromatic carbocycles. The quantitative estimate of drug-likeness (QED) is 0.758. The van der Waals surface area contributed by atoms with E-state index in [4.69, 9.17) is 4.74 Å². The van der Waals surface area contributed by atoms with Crippen molar-refractivity contribution in [1.29, 1.82) is 0 Å². The van der Waals surface area contributed by atoms with Gasteiger partial charge >= 0.3 is 0 Å². The second-order valence-electron chi connectivity index (χ2n) is 9.03. The van der Waals surface area contributed by atoms with Gasteiger partial charge in [0.1, 0.15) is 18.0 Å². The van der Waals surface area contributed by atoms with Crippen LogP contribution < -0.4 is 4.90 Å². The lowest BCUT2D eigenvalue weighted by Crippen LogP contribution is -2.57. The molecule has 31 heavy (non-hydrogen) atoms. The monoisotopic (exact) mass is 422 g/mol. The largest absolute Gasteiger partial charge is 0.361 e. The first-order valence-corrected chi connectivity index (χ1v) is 11.1. The number of hydrogen-bond donors (Lipinski definition) is 0. The number of rotatable bonds is 3. The Morgan fingerprint density at radius 2 is 1.65 bits per heavy atom. The minimum atomic E-state index is -0.791. The number of morpholine rings is 1. The van der Waals surface area contributed by atoms with Gasteiger partial charge in [0.2, 0.25) is 5.91 Å². The first-order chi connectivity index (χ1) is 15.0. The van der Waals surface area contributed by atoms with Gasteiger partial charge in [-0.25, -0.2) is 4.39 Å². The van der Waals surface area contributed by atoms with E-state index in [-0.39, 0.29) is 24.2 Å². The van der Waals surface area contributed by atoms with Crippen LogP contribution in [0.25, 0.3) is 0 Å². The molecule has 0 radical (unpaired) electrons. The predicted molar refractivity (Wildman–Crippen MR) is 115 cm³/mol. The number of halogens is 1. The molecule has 1 spiro atoms. The average Bonchev–Trinajstić information content (AvgIpc) is 3.45. The van der Waals surface area contributed by atoms with Crippen molar-refractivity contribution < 1.29 is 18.7 Å². The van der Waals surface area contributed by atoms with Gasteiger partial charge in [0, 0.05) is 17.8 Å². The van der Waals surface area contributed by atoms with E-state index in [0.29, 0.717) is 44.5 Å². The van der Waals surface area contributed by atoms with Crippen LogP contribution in [0.1, 0.15) is 37.7 Å². The normalized spacial score (nSPS) is 25.4. The molecule has 2 aromatic rings. The third-order valence-electron chi connectivity index (χ3n) is 7.18. The van der Waals surface area contributed by atoms with E-state index >= 15 is 0 Å². The Bertz CT molecular complexity index is 989. The molecule has 3 aliphatic rings. The third kappa shape index (κ3) is 3.43. The molecule has 0 N–H and O–H groups in total. The van der Waals surface area contributed by atoms with Gasteiger partial charge in [-0.05, 0) is 37.5 Å². The van der Waals surface area contributed by atoms with E-state index in [1.807, 2.05) is 41.3 Å². The first kappa shape index (κ1) is 20.2. The van der Waals surface area contributed by atoms with Crippen LogP contribution in [0.15, 0.2) is 54.6 Å². The molecule has 0 aromatic heterocycles. The number of nitrogens with zero attached hydrogens (tertiary/aromatic N) is 2. The molecule has 3 fully saturated rings. The van der Waals surface area contributed by atoms with Crippen LogP contribution in [0.2, 0.25) is 0 Å². The van der Waals surface area contributed by atoms with Gasteiger partial charge < -0.3 is 14.5 Å². The summed E-state index contributed by atoms with van der Waals surface area (Å²) >= 11 is 0. The number of anilines is 1. The third-order valence-corrected chi connectivity index (χ3v) is 7.18. The van der Waals surface area contributed by atoms with E-state index in [2.05, 4.69) is 0 Å². The number of ether oxygens (including phenoxy) is 1. The maximum absolute atomic E-state index is 14.7. The summed E-state index contributed by atoms with van der Waals surface area (Å²) < 4.78 is 20.8. The Morgan fingerprint density at radius 3 is 2.39 bits per heavy atom. The fourth-order valence-corrected chi connectivity index (χ4v) is 5.55. The summed E-state index contributed by atoms with van der Waals surface area (Å²) in [6, 6.07) is 16.3. The summed E-state index contributed by atoms with van der Waals surface area (Å²) in [6.45, 7) is 1.42. The van der Waals surface area contributed by atoms with E-state index in [1.54, 1.807) is 17.0 Å². The molecule has 1 atom stereocenters. The van der Waals surface area contributed by atoms with Crippen molar-refractivity contribution in [3.05, 3.63) is 66.0 Å². The van der Waals surface area contributed by atoms with Crippen molar-refractivity contribution in [3.63, 3.8) is 0 Å². The summed E-state index contributed by atoms with van der Waals surface area (Å²) in [7, 11) is 0.